The van der Waals surface area contributed by atoms with Gasteiger partial charge in [0, 0.05) is 17.6 Å². The zero-order valence-corrected chi connectivity index (χ0v) is 10.5. The van der Waals surface area contributed by atoms with E-state index in [2.05, 4.69) is 33.2 Å². The van der Waals surface area contributed by atoms with Crippen molar-refractivity contribution in [3.05, 3.63) is 0 Å². The van der Waals surface area contributed by atoms with E-state index in [1.807, 2.05) is 0 Å². The smallest absolute Gasteiger partial charge is 0.0480 e. The van der Waals surface area contributed by atoms with Gasteiger partial charge in [-0.1, -0.05) is 48.3 Å². The molecule has 1 aliphatic carbocycles. The van der Waals surface area contributed by atoms with Crippen LogP contribution >= 0.6 is 22.6 Å². The Kier molecular flexibility index (Phi) is 7.21. The molecule has 0 unspecified atom stereocenters. The molecule has 0 aromatic carbocycles. The van der Waals surface area contributed by atoms with Crippen molar-refractivity contribution >= 4 is 22.6 Å². The lowest BCUT2D eigenvalue weighted by Gasteiger charge is -2.09. The van der Waals surface area contributed by atoms with E-state index in [9.17, 15) is 0 Å². The van der Waals surface area contributed by atoms with Crippen LogP contribution in [0, 0.1) is 5.92 Å². The standard InChI is InChI=1S/C10H21IN2/c11-9-13-8-7-12-6-5-10-3-1-2-4-10/h10,12-13H,1-9H2. The fourth-order valence-corrected chi connectivity index (χ4v) is 2.36. The normalized spacial score (nSPS) is 18.2. The van der Waals surface area contributed by atoms with Crippen LogP contribution in [0.15, 0.2) is 0 Å². The summed E-state index contributed by atoms with van der Waals surface area (Å²) < 4.78 is 1.06. The maximum Gasteiger partial charge on any atom is 0.0480 e. The molecule has 0 aromatic heterocycles. The molecular weight excluding hydrogens is 275 g/mol. The Morgan fingerprint density at radius 2 is 1.69 bits per heavy atom. The topological polar surface area (TPSA) is 24.1 Å². The van der Waals surface area contributed by atoms with Gasteiger partial charge in [-0.05, 0) is 18.9 Å². The van der Waals surface area contributed by atoms with Crippen molar-refractivity contribution in [2.24, 2.45) is 5.92 Å². The van der Waals surface area contributed by atoms with E-state index < -0.39 is 0 Å². The fourth-order valence-electron chi connectivity index (χ4n) is 1.97. The van der Waals surface area contributed by atoms with Gasteiger partial charge in [0.2, 0.25) is 0 Å². The van der Waals surface area contributed by atoms with Gasteiger partial charge in [0.25, 0.3) is 0 Å². The Bertz CT molecular complexity index is 113. The molecule has 0 atom stereocenters. The molecule has 0 amide bonds. The van der Waals surface area contributed by atoms with Crippen molar-refractivity contribution in [3.63, 3.8) is 0 Å². The highest BCUT2D eigenvalue weighted by molar-refractivity contribution is 14.1. The molecule has 2 nitrogen and oxygen atoms in total. The first kappa shape index (κ1) is 11.7. The van der Waals surface area contributed by atoms with Gasteiger partial charge in [0.1, 0.15) is 0 Å². The average molecular weight is 296 g/mol. The van der Waals surface area contributed by atoms with Gasteiger partial charge in [-0.15, -0.1) is 0 Å². The van der Waals surface area contributed by atoms with Crippen LogP contribution in [0.1, 0.15) is 32.1 Å². The summed E-state index contributed by atoms with van der Waals surface area (Å²) in [6.45, 7) is 3.44. The summed E-state index contributed by atoms with van der Waals surface area (Å²) in [6.07, 6.45) is 7.30. The molecule has 1 fully saturated rings. The molecule has 0 spiro atoms. The van der Waals surface area contributed by atoms with E-state index in [4.69, 9.17) is 0 Å². The van der Waals surface area contributed by atoms with Crippen LogP contribution in [0.5, 0.6) is 0 Å². The van der Waals surface area contributed by atoms with Crippen molar-refractivity contribution in [3.8, 4) is 0 Å². The molecule has 0 bridgehead atoms. The molecule has 13 heavy (non-hydrogen) atoms. The van der Waals surface area contributed by atoms with Gasteiger partial charge in [0.05, 0.1) is 0 Å². The lowest BCUT2D eigenvalue weighted by Crippen LogP contribution is -2.27. The zero-order chi connectivity index (χ0) is 9.36. The van der Waals surface area contributed by atoms with Gasteiger partial charge in [-0.2, -0.15) is 0 Å². The van der Waals surface area contributed by atoms with Gasteiger partial charge in [0.15, 0.2) is 0 Å². The number of hydrogen-bond acceptors (Lipinski definition) is 2. The first-order valence-corrected chi connectivity index (χ1v) is 6.93. The molecular formula is C10H21IN2. The predicted molar refractivity (Wildman–Crippen MR) is 66.3 cm³/mol. The van der Waals surface area contributed by atoms with Crippen molar-refractivity contribution in [1.82, 2.24) is 10.6 Å². The SMILES string of the molecule is ICNCCNCCC1CCCC1. The largest absolute Gasteiger partial charge is 0.315 e. The summed E-state index contributed by atoms with van der Waals surface area (Å²) in [7, 11) is 0. The summed E-state index contributed by atoms with van der Waals surface area (Å²) in [4.78, 5) is 0. The van der Waals surface area contributed by atoms with E-state index in [-0.39, 0.29) is 0 Å². The predicted octanol–water partition coefficient (Wildman–Crippen LogP) is 2.14. The van der Waals surface area contributed by atoms with Crippen LogP contribution in [0.3, 0.4) is 0 Å². The third kappa shape index (κ3) is 5.86. The molecule has 1 saturated carbocycles. The molecule has 3 heteroatoms. The van der Waals surface area contributed by atoms with Crippen LogP contribution < -0.4 is 10.6 Å². The van der Waals surface area contributed by atoms with Gasteiger partial charge < -0.3 is 10.6 Å². The number of nitrogens with one attached hydrogen (secondary N) is 2. The van der Waals surface area contributed by atoms with E-state index in [0.717, 1.165) is 23.6 Å². The van der Waals surface area contributed by atoms with Crippen LogP contribution in [0.2, 0.25) is 0 Å². The minimum atomic E-state index is 1.03. The van der Waals surface area contributed by atoms with E-state index in [1.54, 1.807) is 0 Å². The van der Waals surface area contributed by atoms with Gasteiger partial charge in [-0.3, -0.25) is 0 Å². The van der Waals surface area contributed by atoms with Crippen LogP contribution in [0.25, 0.3) is 0 Å². The van der Waals surface area contributed by atoms with Crippen molar-refractivity contribution in [1.29, 1.82) is 0 Å². The second-order valence-corrected chi connectivity index (χ2v) is 4.59. The highest BCUT2D eigenvalue weighted by Crippen LogP contribution is 2.26. The summed E-state index contributed by atoms with van der Waals surface area (Å²) >= 11 is 2.34. The maximum absolute atomic E-state index is 3.48. The minimum Gasteiger partial charge on any atom is -0.315 e. The van der Waals surface area contributed by atoms with E-state index in [1.165, 1.54) is 38.6 Å². The maximum atomic E-state index is 3.48. The van der Waals surface area contributed by atoms with Crippen LogP contribution in [-0.2, 0) is 0 Å². The Morgan fingerprint density at radius 3 is 2.38 bits per heavy atom. The molecule has 2 N–H and O–H groups in total. The van der Waals surface area contributed by atoms with Gasteiger partial charge in [-0.25, -0.2) is 0 Å². The molecule has 1 aliphatic rings. The highest BCUT2D eigenvalue weighted by atomic mass is 127. The number of halogens is 1. The third-order valence-corrected chi connectivity index (χ3v) is 3.32. The van der Waals surface area contributed by atoms with Crippen molar-refractivity contribution in [2.75, 3.05) is 24.2 Å². The summed E-state index contributed by atoms with van der Waals surface area (Å²) in [5.74, 6) is 1.03. The van der Waals surface area contributed by atoms with Crippen molar-refractivity contribution in [2.45, 2.75) is 32.1 Å². The Balaban J connectivity index is 1.78. The van der Waals surface area contributed by atoms with Crippen molar-refractivity contribution < 1.29 is 0 Å². The van der Waals surface area contributed by atoms with Crippen LogP contribution in [-0.4, -0.2) is 24.2 Å². The number of rotatable bonds is 7. The van der Waals surface area contributed by atoms with Gasteiger partial charge >= 0.3 is 0 Å². The molecule has 1 rings (SSSR count). The number of alkyl halides is 1. The number of hydrogen-bond donors (Lipinski definition) is 2. The minimum absolute atomic E-state index is 1.03. The van der Waals surface area contributed by atoms with E-state index in [0.29, 0.717) is 0 Å². The summed E-state index contributed by atoms with van der Waals surface area (Å²) in [6, 6.07) is 0. The Hall–Kier alpha value is 0.650. The summed E-state index contributed by atoms with van der Waals surface area (Å²) in [5, 5.41) is 6.78. The molecule has 0 aromatic rings. The first-order valence-electron chi connectivity index (χ1n) is 5.41. The molecule has 0 saturated heterocycles. The molecule has 78 valence electrons. The molecule has 0 radical (unpaired) electrons. The molecule has 0 heterocycles. The Labute approximate surface area is 95.4 Å². The lowest BCUT2D eigenvalue weighted by atomic mass is 10.0. The fraction of sp³-hybridized carbons (Fsp3) is 1.00. The second kappa shape index (κ2) is 8.00. The quantitative estimate of drug-likeness (QED) is 0.325. The zero-order valence-electron chi connectivity index (χ0n) is 8.32. The van der Waals surface area contributed by atoms with Crippen LogP contribution in [0.4, 0.5) is 0 Å². The summed E-state index contributed by atoms with van der Waals surface area (Å²) in [5.41, 5.74) is 0. The second-order valence-electron chi connectivity index (χ2n) is 3.82. The third-order valence-electron chi connectivity index (χ3n) is 2.78. The monoisotopic (exact) mass is 296 g/mol. The lowest BCUT2D eigenvalue weighted by molar-refractivity contribution is 0.477. The van der Waals surface area contributed by atoms with E-state index >= 15 is 0 Å². The first-order chi connectivity index (χ1) is 6.43. The average Bonchev–Trinajstić information content (AvgIpc) is 2.63. The highest BCUT2D eigenvalue weighted by Gasteiger charge is 2.13. The Morgan fingerprint density at radius 1 is 1.00 bits per heavy atom. The molecule has 0 aliphatic heterocycles.